The van der Waals surface area contributed by atoms with E-state index >= 15 is 0 Å². The summed E-state index contributed by atoms with van der Waals surface area (Å²) >= 11 is 0. The zero-order chi connectivity index (χ0) is 107. The van der Waals surface area contributed by atoms with Gasteiger partial charge in [0.15, 0.2) is 5.78 Å². The minimum Gasteiger partial charge on any atom is -0.508 e. The van der Waals surface area contributed by atoms with E-state index < -0.39 is 88.0 Å². The molecule has 149 heavy (non-hydrogen) atoms. The largest absolute Gasteiger partial charge is 0.508 e. The van der Waals surface area contributed by atoms with Gasteiger partial charge in [-0.15, -0.1) is 5.53 Å². The number of unbranched alkanes of at least 4 members (excludes halogenated alkanes) is 1. The molecule has 1 aliphatic heterocycles. The van der Waals surface area contributed by atoms with Gasteiger partial charge in [0.2, 0.25) is 41.4 Å². The molecule has 7 aliphatic carbocycles. The van der Waals surface area contributed by atoms with Crippen molar-refractivity contribution in [3.8, 4) is 5.75 Å². The maximum absolute atomic E-state index is 14.9. The Morgan fingerprint density at radius 1 is 0.530 bits per heavy atom. The van der Waals surface area contributed by atoms with Gasteiger partial charge in [0.25, 0.3) is 0 Å². The number of likely N-dealkylation sites (N-methyl/N-ethyl adjacent to an activating group) is 1. The van der Waals surface area contributed by atoms with Gasteiger partial charge in [-0.2, -0.15) is 0 Å². The van der Waals surface area contributed by atoms with Gasteiger partial charge >= 0.3 is 18.2 Å². The fourth-order valence-electron chi connectivity index (χ4n) is 23.0. The van der Waals surface area contributed by atoms with E-state index in [1.165, 1.54) is 17.0 Å². The summed E-state index contributed by atoms with van der Waals surface area (Å²) < 4.78 is 63.7. The molecule has 1 unspecified atom stereocenters. The van der Waals surface area contributed by atoms with Crippen LogP contribution < -0.4 is 81.1 Å². The number of nitrogens with two attached hydrogens (primary N) is 2. The lowest BCUT2D eigenvalue weighted by Crippen LogP contribution is -2.60. The van der Waals surface area contributed by atoms with Crippen LogP contribution in [-0.2, 0) is 121 Å². The predicted octanol–water partition coefficient (Wildman–Crippen LogP) is 9.06. The van der Waals surface area contributed by atoms with E-state index in [9.17, 15) is 57.8 Å². The van der Waals surface area contributed by atoms with E-state index in [1.54, 1.807) is 44.2 Å². The number of carbonyl (C=O) groups excluding carboxylic acids is 11. The van der Waals surface area contributed by atoms with Crippen molar-refractivity contribution in [1.29, 1.82) is 0 Å². The van der Waals surface area contributed by atoms with Crippen LogP contribution in [-0.4, -0.2) is 285 Å². The SMILES string of the molecule is CC(C)[C@H](NC(=O)[C@@H](CCCCNC(=O)COC1CCCCCC(NCCOCCOCCOCCOCCC(=O)NCC[N+](C)(C)C)=C1NN)NC(=O)CCOCCOCCOCCOCCNC(=O)OC[C@@H]1[C@@H]2CCC3=C(CC[C@@H]21)NNN3C)C(=O)C[C@@H](CCCNC(N)=O)C(=O)Nc1ccc(COC(=O)Nc2ccc3c(c2)[C@@]2(C)CCC[C@](C)(C(=O)NC(=O)[C@@]4(C)CCC[C@]5(C)c6cc(O)ccc6CC[C@@H]45)[C@@H]2CC3)cc1. The van der Waals surface area contributed by atoms with Crippen LogP contribution in [0.5, 0.6) is 5.75 Å². The fourth-order valence-corrected chi connectivity index (χ4v) is 23.0. The van der Waals surface area contributed by atoms with Crippen LogP contribution >= 0.6 is 0 Å². The number of fused-ring (bicyclic) bond motifs is 7. The van der Waals surface area contributed by atoms with E-state index in [-0.39, 0.29) is 131 Å². The molecule has 18 N–H and O–H groups in total. The number of Topliss-reactive ketones (excluding diaryl/α,β-unsaturated/α-hetero) is 1. The number of aromatic hydroxyl groups is 1. The maximum atomic E-state index is 14.9. The first-order valence-electron chi connectivity index (χ1n) is 54.3. The van der Waals surface area contributed by atoms with Gasteiger partial charge in [-0.1, -0.05) is 91.5 Å². The van der Waals surface area contributed by atoms with Crippen molar-refractivity contribution in [2.75, 3.05) is 197 Å². The van der Waals surface area contributed by atoms with E-state index in [1.807, 2.05) is 56.2 Å². The van der Waals surface area contributed by atoms with E-state index in [0.717, 1.165) is 130 Å². The Kier molecular flexibility index (Phi) is 47.5. The normalized spacial score (nSPS) is 22.9. The molecule has 0 saturated heterocycles. The number of imide groups is 1. The highest BCUT2D eigenvalue weighted by Crippen LogP contribution is 2.61. The summed E-state index contributed by atoms with van der Waals surface area (Å²) in [6, 6.07) is 15.1. The second-order valence-corrected chi connectivity index (χ2v) is 43.4. The number of hydrogen-bond acceptors (Lipinski definition) is 29. The number of phenolic OH excluding ortho intramolecular Hbond substituents is 1. The second kappa shape index (κ2) is 59.6. The molecule has 0 spiro atoms. The molecule has 3 aromatic carbocycles. The third-order valence-corrected chi connectivity index (χ3v) is 31.3. The van der Waals surface area contributed by atoms with Crippen LogP contribution in [0.4, 0.5) is 25.8 Å². The Hall–Kier alpha value is -10.4. The standard InChI is InChI=1S/C109H171N17O23/c1-73(2)97(90(128)67-77(19-16-46-115-103(110)136)99(132)117-78-29-23-74(24-30-78)70-148-105(138)118-79-31-25-75-27-37-92-106(3,84(75)68-79)41-17-43-108(92,5)101(134)121-102(135)109(6)44-18-42-107(4)85-69-80(127)32-26-76(85)28-38-93(107)109)120-100(133)88(119-95(130)40-52-140-56-60-144-64-66-146-62-58-142-54-49-116-104(137)149-71-83-81-33-35-86-89(36-34-82(81)83)125(7)124-123-86)21-14-15-45-113-96(131)72-147-91-22-13-11-12-20-87(98(91)122-111)112-48-53-141-57-61-145-65-63-143-59-55-139-51-39-94(129)114-47-50-126(8,9)10/h23-26,29-32,68-69,73,77,81-83,88,91-93,97,112,122-124H,11-22,27-28,33-67,70-72,111H2,1-10H3,(H11-,110,113,114,115,116,117,118,119,120,121,127,129,130,131,132,133,134,135,136,137,138)/p+1/t77-,81+,82-,83+,88-,91?,92-,93-,97+,106-,107-,108+,109+/m1/s1. The monoisotopic (exact) mass is 2090 g/mol. The summed E-state index contributed by atoms with van der Waals surface area (Å²) in [7, 11) is 8.24. The molecule has 0 bridgehead atoms. The number of hydrogen-bond donors (Lipinski definition) is 16. The van der Waals surface area contributed by atoms with Gasteiger partial charge in [0.05, 0.1) is 175 Å². The summed E-state index contributed by atoms with van der Waals surface area (Å²) in [4.78, 5) is 151. The van der Waals surface area contributed by atoms with Crippen molar-refractivity contribution in [2.45, 2.75) is 251 Å². The first-order chi connectivity index (χ1) is 71.6. The smallest absolute Gasteiger partial charge is 0.411 e. The van der Waals surface area contributed by atoms with E-state index in [0.29, 0.717) is 191 Å². The maximum Gasteiger partial charge on any atom is 0.411 e. The van der Waals surface area contributed by atoms with Crippen LogP contribution in [0.3, 0.4) is 0 Å². The Bertz CT molecular complexity index is 4930. The molecule has 8 aliphatic rings. The van der Waals surface area contributed by atoms with Crippen molar-refractivity contribution in [3.05, 3.63) is 111 Å². The third-order valence-electron chi connectivity index (χ3n) is 31.3. The molecule has 40 heteroatoms. The lowest BCUT2D eigenvalue weighted by Gasteiger charge is -2.56. The molecular weight excluding hydrogens is 1920 g/mol. The van der Waals surface area contributed by atoms with Crippen molar-refractivity contribution in [1.82, 2.24) is 63.9 Å². The number of nitrogens with one attached hydrogen (secondary N) is 13. The average molecular weight is 2090 g/mol. The number of anilines is 2. The first kappa shape index (κ1) is 119. The topological polar surface area (TPSA) is 521 Å². The zero-order valence-corrected chi connectivity index (χ0v) is 89.8. The molecular formula is C109H172N17O23+. The molecule has 3 aromatic rings. The van der Waals surface area contributed by atoms with Gasteiger partial charge in [0, 0.05) is 81.2 Å². The number of rotatable bonds is 63. The molecule has 3 saturated carbocycles. The second-order valence-electron chi connectivity index (χ2n) is 43.4. The van der Waals surface area contributed by atoms with Gasteiger partial charge in [-0.25, -0.2) is 14.4 Å². The molecule has 0 radical (unpaired) electrons. The zero-order valence-electron chi connectivity index (χ0n) is 89.8. The Balaban J connectivity index is 0.619. The van der Waals surface area contributed by atoms with Crippen LogP contribution in [0.2, 0.25) is 0 Å². The van der Waals surface area contributed by atoms with Gasteiger partial charge in [0.1, 0.15) is 31.1 Å². The Morgan fingerprint density at radius 2 is 1.10 bits per heavy atom. The van der Waals surface area contributed by atoms with Crippen LogP contribution in [0.15, 0.2) is 83.5 Å². The van der Waals surface area contributed by atoms with Crippen LogP contribution in [0, 0.1) is 52.3 Å². The van der Waals surface area contributed by atoms with Gasteiger partial charge < -0.3 is 121 Å². The number of quaternary nitrogens is 1. The first-order valence-corrected chi connectivity index (χ1v) is 54.3. The number of nitrogens with zero attached hydrogens (tertiary/aromatic N) is 2. The lowest BCUT2D eigenvalue weighted by atomic mass is 9.49. The summed E-state index contributed by atoms with van der Waals surface area (Å²) in [6.07, 6.45) is 15.3. The fraction of sp³-hybridized carbons (Fsp3) is 0.697. The number of ketones is 1. The highest BCUT2D eigenvalue weighted by atomic mass is 16.6. The minimum atomic E-state index is -1.15. The number of amides is 11. The number of carbonyl (C=O) groups is 11. The summed E-state index contributed by atoms with van der Waals surface area (Å²) in [6.45, 7) is 19.4. The molecule has 3 fully saturated rings. The summed E-state index contributed by atoms with van der Waals surface area (Å²) in [5.74, 6) is 3.33. The third kappa shape index (κ3) is 36.4. The molecule has 11 amide bonds. The molecule has 40 nitrogen and oxygen atoms in total. The lowest BCUT2D eigenvalue weighted by molar-refractivity contribution is -0.869. The number of urea groups is 1. The molecule has 1 heterocycles. The average Bonchev–Trinajstić information content (AvgIpc) is 1.38. The number of alkyl carbamates (subject to hydrolysis) is 1. The molecule has 0 aromatic heterocycles. The highest BCUT2D eigenvalue weighted by molar-refractivity contribution is 6.01. The molecule has 11 rings (SSSR count). The van der Waals surface area contributed by atoms with E-state index in [2.05, 4.69) is 105 Å². The quantitative estimate of drug-likeness (QED) is 0.00823. The van der Waals surface area contributed by atoms with Crippen molar-refractivity contribution in [3.63, 3.8) is 0 Å². The molecule has 830 valence electrons. The number of phenols is 1. The minimum absolute atomic E-state index is 0.00921. The van der Waals surface area contributed by atoms with Crippen molar-refractivity contribution < 1.29 is 114 Å². The molecule has 13 atom stereocenters. The summed E-state index contributed by atoms with van der Waals surface area (Å²) in [5.41, 5.74) is 22.4. The van der Waals surface area contributed by atoms with Crippen molar-refractivity contribution in [2.24, 2.45) is 63.8 Å². The van der Waals surface area contributed by atoms with Crippen LogP contribution in [0.1, 0.15) is 230 Å². The number of primary amides is 1. The number of aryl methyl sites for hydroxylation is 2. The number of hydrazine groups is 3. The number of benzene rings is 3. The predicted molar refractivity (Wildman–Crippen MR) is 561 cm³/mol. The highest BCUT2D eigenvalue weighted by Gasteiger charge is 2.59. The number of allylic oxidation sites excluding steroid dienone is 3. The number of ether oxygens (including phenoxy) is 11. The van der Waals surface area contributed by atoms with Crippen molar-refractivity contribution >= 4 is 76.7 Å². The Labute approximate surface area is 879 Å². The van der Waals surface area contributed by atoms with Crippen LogP contribution in [0.25, 0.3) is 0 Å². The van der Waals surface area contributed by atoms with E-state index in [4.69, 9.17) is 63.7 Å². The van der Waals surface area contributed by atoms with Gasteiger partial charge in [-0.05, 0) is 239 Å². The van der Waals surface area contributed by atoms with Gasteiger partial charge in [-0.3, -0.25) is 59.8 Å². The Morgan fingerprint density at radius 3 is 1.71 bits per heavy atom. The summed E-state index contributed by atoms with van der Waals surface area (Å²) in [5, 5.41) is 41.9.